The highest BCUT2D eigenvalue weighted by Gasteiger charge is 2.52. The first kappa shape index (κ1) is 14.5. The van der Waals surface area contributed by atoms with Gasteiger partial charge in [0, 0.05) is 17.6 Å². The number of carbonyl (C=O) groups is 2. The molecular formula is C17H17N3O2S. The number of amides is 2. The smallest absolute Gasteiger partial charge is 0.248 e. The third-order valence-corrected chi connectivity index (χ3v) is 6.11. The third kappa shape index (κ3) is 2.37. The number of anilines is 1. The normalized spacial score (nSPS) is 26.6. The average molecular weight is 327 g/mol. The van der Waals surface area contributed by atoms with Gasteiger partial charge in [-0.05, 0) is 25.5 Å². The van der Waals surface area contributed by atoms with Gasteiger partial charge in [0.05, 0.1) is 22.3 Å². The van der Waals surface area contributed by atoms with E-state index in [1.165, 1.54) is 0 Å². The van der Waals surface area contributed by atoms with Crippen LogP contribution in [0.3, 0.4) is 0 Å². The molecule has 1 aromatic carbocycles. The van der Waals surface area contributed by atoms with Crippen LogP contribution in [0.2, 0.25) is 0 Å². The van der Waals surface area contributed by atoms with Crippen molar-refractivity contribution in [3.8, 4) is 0 Å². The molecule has 2 aliphatic heterocycles. The number of nitrogens with one attached hydrogen (secondary N) is 1. The van der Waals surface area contributed by atoms with E-state index in [1.807, 2.05) is 37.3 Å². The Labute approximate surface area is 138 Å². The number of carbonyl (C=O) groups excluding carboxylic acids is 2. The van der Waals surface area contributed by atoms with Crippen LogP contribution in [0.1, 0.15) is 19.8 Å². The molecule has 0 bridgehead atoms. The Hall–Kier alpha value is -2.08. The summed E-state index contributed by atoms with van der Waals surface area (Å²) in [6, 6.07) is 9.29. The van der Waals surface area contributed by atoms with Crippen molar-refractivity contribution >= 4 is 40.2 Å². The molecule has 4 rings (SSSR count). The van der Waals surface area contributed by atoms with Gasteiger partial charge in [0.25, 0.3) is 0 Å². The highest BCUT2D eigenvalue weighted by molar-refractivity contribution is 8.01. The number of thioether (sulfide) groups is 1. The fourth-order valence-electron chi connectivity index (χ4n) is 3.38. The van der Waals surface area contributed by atoms with Gasteiger partial charge in [0.1, 0.15) is 6.04 Å². The first-order valence-corrected chi connectivity index (χ1v) is 8.67. The van der Waals surface area contributed by atoms with Gasteiger partial charge in [-0.2, -0.15) is 0 Å². The number of nitrogens with zero attached hydrogens (tertiary/aromatic N) is 2. The summed E-state index contributed by atoms with van der Waals surface area (Å²) in [4.78, 5) is 30.7. The molecule has 6 heteroatoms. The number of pyridine rings is 1. The zero-order chi connectivity index (χ0) is 16.0. The van der Waals surface area contributed by atoms with E-state index in [0.29, 0.717) is 17.9 Å². The lowest BCUT2D eigenvalue weighted by molar-refractivity contribution is -0.135. The largest absolute Gasteiger partial charge is 0.323 e. The second-order valence-corrected chi connectivity index (χ2v) is 7.67. The number of aromatic nitrogens is 1. The third-order valence-electron chi connectivity index (χ3n) is 4.61. The molecule has 5 nitrogen and oxygen atoms in total. The summed E-state index contributed by atoms with van der Waals surface area (Å²) >= 11 is 1.70. The van der Waals surface area contributed by atoms with Crippen LogP contribution in [0.15, 0.2) is 36.5 Å². The summed E-state index contributed by atoms with van der Waals surface area (Å²) in [5.74, 6) is 0.595. The minimum absolute atomic E-state index is 0.0780. The number of rotatable bonds is 2. The van der Waals surface area contributed by atoms with E-state index < -0.39 is 6.04 Å². The molecular weight excluding hydrogens is 310 g/mol. The van der Waals surface area contributed by atoms with Crippen LogP contribution in [-0.4, -0.2) is 38.4 Å². The van der Waals surface area contributed by atoms with Crippen molar-refractivity contribution < 1.29 is 9.59 Å². The highest BCUT2D eigenvalue weighted by Crippen LogP contribution is 2.47. The Balaban J connectivity index is 1.56. The number of hydrogen-bond donors (Lipinski definition) is 1. The molecule has 0 spiro atoms. The van der Waals surface area contributed by atoms with E-state index in [-0.39, 0.29) is 16.7 Å². The highest BCUT2D eigenvalue weighted by atomic mass is 32.2. The van der Waals surface area contributed by atoms with Crippen molar-refractivity contribution in [3.05, 3.63) is 36.5 Å². The van der Waals surface area contributed by atoms with E-state index in [1.54, 1.807) is 22.9 Å². The van der Waals surface area contributed by atoms with Crippen LogP contribution in [0.4, 0.5) is 5.69 Å². The Kier molecular flexibility index (Phi) is 3.30. The van der Waals surface area contributed by atoms with E-state index in [2.05, 4.69) is 10.3 Å². The van der Waals surface area contributed by atoms with Crippen molar-refractivity contribution in [2.75, 3.05) is 11.1 Å². The van der Waals surface area contributed by atoms with Gasteiger partial charge in [0.15, 0.2) is 0 Å². The van der Waals surface area contributed by atoms with E-state index in [0.717, 1.165) is 17.3 Å². The molecule has 0 aliphatic carbocycles. The Morgan fingerprint density at radius 3 is 3.13 bits per heavy atom. The summed E-state index contributed by atoms with van der Waals surface area (Å²) < 4.78 is 0. The number of hydrogen-bond acceptors (Lipinski definition) is 4. The Bertz CT molecular complexity index is 809. The first-order valence-electron chi connectivity index (χ1n) is 7.69. The van der Waals surface area contributed by atoms with E-state index >= 15 is 0 Å². The minimum Gasteiger partial charge on any atom is -0.323 e. The lowest BCUT2D eigenvalue weighted by atomic mass is 10.2. The van der Waals surface area contributed by atoms with Crippen molar-refractivity contribution in [3.63, 3.8) is 0 Å². The predicted molar refractivity (Wildman–Crippen MR) is 91.1 cm³/mol. The number of benzene rings is 1. The maximum absolute atomic E-state index is 12.6. The molecule has 3 heterocycles. The molecule has 2 fully saturated rings. The van der Waals surface area contributed by atoms with Crippen molar-refractivity contribution in [2.45, 2.75) is 30.7 Å². The second kappa shape index (κ2) is 5.23. The SMILES string of the molecule is C[C@@]12CCC(=O)N1[C@@H](C(=O)Nc1cnc3ccccc3c1)CS2. The van der Waals surface area contributed by atoms with Gasteiger partial charge in [-0.25, -0.2) is 0 Å². The molecule has 118 valence electrons. The summed E-state index contributed by atoms with van der Waals surface area (Å²) in [6.07, 6.45) is 3.01. The molecule has 2 aromatic rings. The molecule has 1 N–H and O–H groups in total. The van der Waals surface area contributed by atoms with Gasteiger partial charge < -0.3 is 10.2 Å². The fourth-order valence-corrected chi connectivity index (χ4v) is 4.81. The maximum atomic E-state index is 12.6. The van der Waals surface area contributed by atoms with Gasteiger partial charge in [-0.15, -0.1) is 11.8 Å². The molecule has 23 heavy (non-hydrogen) atoms. The molecule has 2 amide bonds. The van der Waals surface area contributed by atoms with Crippen molar-refractivity contribution in [1.29, 1.82) is 0 Å². The van der Waals surface area contributed by atoms with Gasteiger partial charge >= 0.3 is 0 Å². The summed E-state index contributed by atoms with van der Waals surface area (Å²) in [6.45, 7) is 2.05. The summed E-state index contributed by atoms with van der Waals surface area (Å²) in [5.41, 5.74) is 1.56. The Morgan fingerprint density at radius 2 is 2.26 bits per heavy atom. The van der Waals surface area contributed by atoms with E-state index in [9.17, 15) is 9.59 Å². The van der Waals surface area contributed by atoms with Crippen LogP contribution < -0.4 is 5.32 Å². The zero-order valence-electron chi connectivity index (χ0n) is 12.8. The monoisotopic (exact) mass is 327 g/mol. The molecule has 0 unspecified atom stereocenters. The van der Waals surface area contributed by atoms with Gasteiger partial charge in [-0.1, -0.05) is 18.2 Å². The fraction of sp³-hybridized carbons (Fsp3) is 0.353. The lowest BCUT2D eigenvalue weighted by Gasteiger charge is -2.29. The predicted octanol–water partition coefficient (Wildman–Crippen LogP) is 2.63. The van der Waals surface area contributed by atoms with E-state index in [4.69, 9.17) is 0 Å². The molecule has 0 saturated carbocycles. The van der Waals surface area contributed by atoms with Crippen LogP contribution in [0, 0.1) is 0 Å². The Morgan fingerprint density at radius 1 is 1.43 bits per heavy atom. The minimum atomic E-state index is -0.397. The molecule has 2 atom stereocenters. The lowest BCUT2D eigenvalue weighted by Crippen LogP contribution is -2.48. The topological polar surface area (TPSA) is 62.3 Å². The molecule has 0 radical (unpaired) electrons. The second-order valence-electron chi connectivity index (χ2n) is 6.17. The van der Waals surface area contributed by atoms with Gasteiger partial charge in [-0.3, -0.25) is 14.6 Å². The van der Waals surface area contributed by atoms with Crippen LogP contribution >= 0.6 is 11.8 Å². The van der Waals surface area contributed by atoms with Crippen LogP contribution in [-0.2, 0) is 9.59 Å². The molecule has 2 aliphatic rings. The molecule has 2 saturated heterocycles. The zero-order valence-corrected chi connectivity index (χ0v) is 13.6. The average Bonchev–Trinajstić information content (AvgIpc) is 3.04. The van der Waals surface area contributed by atoms with Crippen molar-refractivity contribution in [2.24, 2.45) is 0 Å². The number of fused-ring (bicyclic) bond motifs is 2. The summed E-state index contributed by atoms with van der Waals surface area (Å²) in [5, 5.41) is 3.90. The van der Waals surface area contributed by atoms with Crippen LogP contribution in [0.5, 0.6) is 0 Å². The quantitative estimate of drug-likeness (QED) is 0.921. The summed E-state index contributed by atoms with van der Waals surface area (Å²) in [7, 11) is 0. The number of para-hydroxylation sites is 1. The molecule has 1 aromatic heterocycles. The van der Waals surface area contributed by atoms with Gasteiger partial charge in [0.2, 0.25) is 11.8 Å². The first-order chi connectivity index (χ1) is 11.1. The van der Waals surface area contributed by atoms with Crippen molar-refractivity contribution in [1.82, 2.24) is 9.88 Å². The standard InChI is InChI=1S/C17H17N3O2S/c1-17-7-6-15(21)20(17)14(10-23-17)16(22)19-12-8-11-4-2-3-5-13(11)18-9-12/h2-5,8-9,14H,6-7,10H2,1H3,(H,19,22)/t14-,17-/m1/s1. The van der Waals surface area contributed by atoms with Crippen LogP contribution in [0.25, 0.3) is 10.9 Å². The maximum Gasteiger partial charge on any atom is 0.248 e.